The maximum Gasteiger partial charge on any atom is 0.266 e. The van der Waals surface area contributed by atoms with E-state index in [0.29, 0.717) is 28.4 Å². The third-order valence-electron chi connectivity index (χ3n) is 5.71. The summed E-state index contributed by atoms with van der Waals surface area (Å²) in [5.74, 6) is 1.04. The van der Waals surface area contributed by atoms with Crippen LogP contribution in [0.4, 0.5) is 5.13 Å². The number of aryl methyl sites for hydroxylation is 1. The number of rotatable bonds is 10. The predicted octanol–water partition coefficient (Wildman–Crippen LogP) is 6.14. The van der Waals surface area contributed by atoms with Crippen molar-refractivity contribution in [3.05, 3.63) is 52.5 Å². The van der Waals surface area contributed by atoms with Gasteiger partial charge in [0.25, 0.3) is 5.91 Å². The van der Waals surface area contributed by atoms with Crippen molar-refractivity contribution in [2.24, 2.45) is 0 Å². The Morgan fingerprint density at radius 2 is 1.78 bits per heavy atom. The average molecular weight is 474 g/mol. The molecule has 3 rings (SSSR count). The molecule has 0 spiro atoms. The lowest BCUT2D eigenvalue weighted by atomic mass is 10.0. The van der Waals surface area contributed by atoms with Crippen LogP contribution in [0, 0.1) is 6.92 Å². The smallest absolute Gasteiger partial charge is 0.266 e. The zero-order valence-corrected chi connectivity index (χ0v) is 21.1. The second kappa shape index (κ2) is 11.1. The van der Waals surface area contributed by atoms with Gasteiger partial charge in [0.05, 0.1) is 10.2 Å². The zero-order chi connectivity index (χ0) is 23.3. The first kappa shape index (κ1) is 24.5. The molecule has 0 aliphatic carbocycles. The Balaban J connectivity index is 1.80. The fraction of sp³-hybridized carbons (Fsp3) is 0.440. The molecule has 0 aliphatic rings. The first-order chi connectivity index (χ1) is 15.3. The van der Waals surface area contributed by atoms with Gasteiger partial charge in [0.15, 0.2) is 11.7 Å². The van der Waals surface area contributed by atoms with E-state index in [2.05, 4.69) is 32.6 Å². The molecule has 0 aliphatic heterocycles. The summed E-state index contributed by atoms with van der Waals surface area (Å²) in [6.45, 7) is 13.7. The summed E-state index contributed by atoms with van der Waals surface area (Å²) in [6, 6.07) is 11.8. The fourth-order valence-corrected chi connectivity index (χ4v) is 4.71. The number of hydrogen-bond acceptors (Lipinski definition) is 5. The second-order valence-corrected chi connectivity index (χ2v) is 9.52. The number of fused-ring (bicyclic) bond motifs is 1. The third kappa shape index (κ3) is 5.80. The summed E-state index contributed by atoms with van der Waals surface area (Å²) in [4.78, 5) is 22.0. The minimum absolute atomic E-state index is 0.0328. The second-order valence-electron chi connectivity index (χ2n) is 8.10. The molecule has 0 bridgehead atoms. The van der Waals surface area contributed by atoms with E-state index in [1.54, 1.807) is 4.90 Å². The fourth-order valence-electron chi connectivity index (χ4n) is 3.48. The molecule has 7 heteroatoms. The van der Waals surface area contributed by atoms with Crippen molar-refractivity contribution < 1.29 is 9.53 Å². The maximum absolute atomic E-state index is 13.2. The van der Waals surface area contributed by atoms with Crippen molar-refractivity contribution in [3.63, 3.8) is 0 Å². The summed E-state index contributed by atoms with van der Waals surface area (Å²) in [6.07, 6.45) is 0. The van der Waals surface area contributed by atoms with Crippen LogP contribution in [0.3, 0.4) is 0 Å². The number of halogens is 1. The minimum atomic E-state index is -0.104. The Bertz CT molecular complexity index is 1050. The highest BCUT2D eigenvalue weighted by Gasteiger charge is 2.22. The Morgan fingerprint density at radius 3 is 2.41 bits per heavy atom. The number of amides is 1. The molecule has 1 aromatic heterocycles. The topological polar surface area (TPSA) is 45.7 Å². The summed E-state index contributed by atoms with van der Waals surface area (Å²) < 4.78 is 6.85. The van der Waals surface area contributed by atoms with Crippen LogP contribution < -0.4 is 9.64 Å². The van der Waals surface area contributed by atoms with Crippen LogP contribution in [0.1, 0.15) is 44.7 Å². The lowest BCUT2D eigenvalue weighted by Crippen LogP contribution is -2.41. The Labute approximate surface area is 200 Å². The van der Waals surface area contributed by atoms with Crippen molar-refractivity contribution >= 4 is 44.2 Å². The number of anilines is 1. The molecule has 172 valence electrons. The van der Waals surface area contributed by atoms with Gasteiger partial charge in [-0.3, -0.25) is 9.69 Å². The summed E-state index contributed by atoms with van der Waals surface area (Å²) >= 11 is 7.80. The summed E-state index contributed by atoms with van der Waals surface area (Å²) in [5.41, 5.74) is 3.03. The molecule has 32 heavy (non-hydrogen) atoms. The van der Waals surface area contributed by atoms with Crippen molar-refractivity contribution in [3.8, 4) is 5.75 Å². The van der Waals surface area contributed by atoms with E-state index in [4.69, 9.17) is 21.3 Å². The SMILES string of the molecule is CCN(CC)CCN(C(=O)COc1ccc(C(C)C)cc1)c1nc2c(C)c(Cl)ccc2s1. The molecule has 0 atom stereocenters. The zero-order valence-electron chi connectivity index (χ0n) is 19.5. The third-order valence-corrected chi connectivity index (χ3v) is 7.16. The van der Waals surface area contributed by atoms with E-state index >= 15 is 0 Å². The molecule has 1 heterocycles. The van der Waals surface area contributed by atoms with Gasteiger partial charge >= 0.3 is 0 Å². The van der Waals surface area contributed by atoms with Crippen LogP contribution in [0.15, 0.2) is 36.4 Å². The van der Waals surface area contributed by atoms with Gasteiger partial charge in [-0.1, -0.05) is 62.8 Å². The highest BCUT2D eigenvalue weighted by atomic mass is 35.5. The molecule has 1 amide bonds. The van der Waals surface area contributed by atoms with E-state index in [1.807, 2.05) is 43.3 Å². The minimum Gasteiger partial charge on any atom is -0.484 e. The highest BCUT2D eigenvalue weighted by Crippen LogP contribution is 2.33. The van der Waals surface area contributed by atoms with Crippen molar-refractivity contribution in [1.29, 1.82) is 0 Å². The number of likely N-dealkylation sites (N-methyl/N-ethyl adjacent to an activating group) is 1. The number of carbonyl (C=O) groups is 1. The van der Waals surface area contributed by atoms with Crippen LogP contribution in [-0.2, 0) is 4.79 Å². The van der Waals surface area contributed by atoms with E-state index in [9.17, 15) is 4.79 Å². The monoisotopic (exact) mass is 473 g/mol. The molecule has 0 radical (unpaired) electrons. The van der Waals surface area contributed by atoms with Crippen molar-refractivity contribution in [1.82, 2.24) is 9.88 Å². The number of thiazole rings is 1. The summed E-state index contributed by atoms with van der Waals surface area (Å²) in [7, 11) is 0. The van der Waals surface area contributed by atoms with Gasteiger partial charge in [0.1, 0.15) is 5.75 Å². The molecule has 3 aromatic rings. The number of carbonyl (C=O) groups excluding carboxylic acids is 1. The first-order valence-corrected chi connectivity index (χ1v) is 12.3. The van der Waals surface area contributed by atoms with E-state index in [1.165, 1.54) is 16.9 Å². The molecule has 0 fully saturated rings. The van der Waals surface area contributed by atoms with Crippen molar-refractivity contribution in [2.75, 3.05) is 37.7 Å². The first-order valence-electron chi connectivity index (χ1n) is 11.1. The van der Waals surface area contributed by atoms with Crippen molar-refractivity contribution in [2.45, 2.75) is 40.5 Å². The molecule has 0 N–H and O–H groups in total. The van der Waals surface area contributed by atoms with Gasteiger partial charge in [-0.2, -0.15) is 0 Å². The van der Waals surface area contributed by atoms with E-state index < -0.39 is 0 Å². The number of nitrogens with zero attached hydrogens (tertiary/aromatic N) is 3. The van der Waals surface area contributed by atoms with Crippen LogP contribution in [0.25, 0.3) is 10.2 Å². The van der Waals surface area contributed by atoms with Crippen LogP contribution in [0.5, 0.6) is 5.75 Å². The molecule has 0 saturated heterocycles. The van der Waals surface area contributed by atoms with E-state index in [0.717, 1.165) is 35.4 Å². The van der Waals surface area contributed by atoms with Gasteiger partial charge < -0.3 is 9.64 Å². The van der Waals surface area contributed by atoms with Crippen LogP contribution in [0.2, 0.25) is 5.02 Å². The van der Waals surface area contributed by atoms with Gasteiger partial charge in [-0.15, -0.1) is 0 Å². The Hall–Kier alpha value is -2.15. The highest BCUT2D eigenvalue weighted by molar-refractivity contribution is 7.22. The molecule has 0 saturated carbocycles. The number of benzene rings is 2. The molecule has 2 aromatic carbocycles. The Kier molecular flexibility index (Phi) is 8.51. The standard InChI is InChI=1S/C25H32ClN3O2S/c1-6-28(7-2)14-15-29(25-27-24-18(5)21(26)12-13-22(24)32-25)23(30)16-31-20-10-8-19(9-11-20)17(3)4/h8-13,17H,6-7,14-16H2,1-5H3. The van der Waals surface area contributed by atoms with E-state index in [-0.39, 0.29) is 12.5 Å². The number of hydrogen-bond donors (Lipinski definition) is 0. The van der Waals surface area contributed by atoms with Gasteiger partial charge in [0, 0.05) is 18.1 Å². The number of ether oxygens (including phenoxy) is 1. The van der Waals surface area contributed by atoms with Gasteiger partial charge in [-0.25, -0.2) is 4.98 Å². The average Bonchev–Trinajstić information content (AvgIpc) is 3.22. The quantitative estimate of drug-likeness (QED) is 0.355. The summed E-state index contributed by atoms with van der Waals surface area (Å²) in [5, 5.41) is 1.37. The lowest BCUT2D eigenvalue weighted by molar-refractivity contribution is -0.120. The molecular weight excluding hydrogens is 442 g/mol. The normalized spacial score (nSPS) is 11.5. The van der Waals surface area contributed by atoms with Gasteiger partial charge in [-0.05, 0) is 61.3 Å². The maximum atomic E-state index is 13.2. The Morgan fingerprint density at radius 1 is 1.09 bits per heavy atom. The molecule has 5 nitrogen and oxygen atoms in total. The molecular formula is C25H32ClN3O2S. The molecule has 0 unspecified atom stereocenters. The largest absolute Gasteiger partial charge is 0.484 e. The van der Waals surface area contributed by atoms with Gasteiger partial charge in [0.2, 0.25) is 0 Å². The number of aromatic nitrogens is 1. The predicted molar refractivity (Wildman–Crippen MR) is 136 cm³/mol. The van der Waals surface area contributed by atoms with Crippen LogP contribution in [-0.4, -0.2) is 48.6 Å². The van der Waals surface area contributed by atoms with Crippen LogP contribution >= 0.6 is 22.9 Å². The lowest BCUT2D eigenvalue weighted by Gasteiger charge is -2.24.